The second kappa shape index (κ2) is 32.5. The van der Waals surface area contributed by atoms with Crippen LogP contribution in [-0.4, -0.2) is 238 Å². The fourth-order valence-corrected chi connectivity index (χ4v) is 9.50. The number of rotatable bonds is 25. The van der Waals surface area contributed by atoms with Crippen LogP contribution >= 0.6 is 0 Å². The first-order valence-electron chi connectivity index (χ1n) is 25.4. The van der Waals surface area contributed by atoms with E-state index in [1.54, 1.807) is 12.1 Å². The van der Waals surface area contributed by atoms with Crippen molar-refractivity contribution in [3.8, 4) is 17.6 Å². The van der Waals surface area contributed by atoms with Crippen LogP contribution in [0.5, 0.6) is 5.75 Å². The Morgan fingerprint density at radius 1 is 0.608 bits per heavy atom. The van der Waals surface area contributed by atoms with Gasteiger partial charge in [-0.2, -0.15) is 0 Å². The van der Waals surface area contributed by atoms with Crippen LogP contribution < -0.4 is 55.6 Å². The number of aliphatic hydroxyl groups excluding tert-OH is 9. The number of ether oxygens (including phenoxy) is 8. The molecule has 4 heterocycles. The molecule has 10 unspecified atom stereocenters. The summed E-state index contributed by atoms with van der Waals surface area (Å²) >= 11 is 0. The molecule has 29 nitrogen and oxygen atoms in total. The fourth-order valence-electron chi connectivity index (χ4n) is 9.20. The van der Waals surface area contributed by atoms with Gasteiger partial charge in [0.15, 0.2) is 25.2 Å². The summed E-state index contributed by atoms with van der Waals surface area (Å²) in [5, 5.41) is 109. The summed E-state index contributed by atoms with van der Waals surface area (Å²) in [6, 6.07) is -0.788. The second-order valence-corrected chi connectivity index (χ2v) is 20.1. The van der Waals surface area contributed by atoms with Crippen LogP contribution in [0.4, 0.5) is 0 Å². The van der Waals surface area contributed by atoms with Gasteiger partial charge in [0.25, 0.3) is 5.91 Å². The number of hydrogen-bond donors (Lipinski definition) is 13. The van der Waals surface area contributed by atoms with Crippen LogP contribution in [0.3, 0.4) is 0 Å². The number of benzene rings is 1. The summed E-state index contributed by atoms with van der Waals surface area (Å²) in [5.74, 6) is 3.36. The summed E-state index contributed by atoms with van der Waals surface area (Å²) in [6.45, 7) is 1.41. The van der Waals surface area contributed by atoms with E-state index in [1.165, 1.54) is 18.6 Å². The van der Waals surface area contributed by atoms with Crippen molar-refractivity contribution in [1.82, 2.24) is 21.3 Å². The molecule has 0 aromatic heterocycles. The van der Waals surface area contributed by atoms with Gasteiger partial charge in [0, 0.05) is 39.2 Å². The van der Waals surface area contributed by atoms with Gasteiger partial charge >= 0.3 is 29.6 Å². The van der Waals surface area contributed by atoms with Crippen molar-refractivity contribution in [3.63, 3.8) is 0 Å². The van der Waals surface area contributed by atoms with Crippen molar-refractivity contribution in [1.29, 1.82) is 0 Å². The summed E-state index contributed by atoms with van der Waals surface area (Å²) in [7, 11) is -5.41. The van der Waals surface area contributed by atoms with Gasteiger partial charge in [0.2, 0.25) is 28.1 Å². The molecule has 1 aromatic carbocycles. The average molecular weight is 1160 g/mol. The third kappa shape index (κ3) is 19.4. The van der Waals surface area contributed by atoms with Gasteiger partial charge in [-0.15, -0.1) is 11.8 Å². The number of carbonyl (C=O) groups is 4. The van der Waals surface area contributed by atoms with E-state index in [0.29, 0.717) is 25.2 Å². The van der Waals surface area contributed by atoms with E-state index < -0.39 is 183 Å². The molecule has 5 rings (SSSR count). The van der Waals surface area contributed by atoms with Gasteiger partial charge in [-0.25, -0.2) is 8.42 Å². The predicted octanol–water partition coefficient (Wildman–Crippen LogP) is -8.26. The smallest absolute Gasteiger partial charge is 0.726 e. The third-order valence-electron chi connectivity index (χ3n) is 13.0. The van der Waals surface area contributed by atoms with Crippen molar-refractivity contribution in [2.45, 2.75) is 195 Å². The molecule has 1 aromatic rings. The number of aliphatic hydroxyl groups is 9. The molecule has 4 amide bonds. The van der Waals surface area contributed by atoms with Gasteiger partial charge in [-0.1, -0.05) is 32.3 Å². The van der Waals surface area contributed by atoms with Gasteiger partial charge in [-0.3, -0.25) is 23.4 Å². The number of amides is 4. The molecule has 4 aliphatic rings. The van der Waals surface area contributed by atoms with E-state index in [0.717, 1.165) is 46.5 Å². The quantitative estimate of drug-likeness (QED) is 0.0142. The summed E-state index contributed by atoms with van der Waals surface area (Å²) in [6.07, 6.45) is -23.2. The van der Waals surface area contributed by atoms with Crippen molar-refractivity contribution in [3.05, 3.63) is 29.8 Å². The average Bonchev–Trinajstić information content (AvgIpc) is 3.47. The Morgan fingerprint density at radius 2 is 1.08 bits per heavy atom. The first kappa shape index (κ1) is 68.2. The van der Waals surface area contributed by atoms with Crippen molar-refractivity contribution < 1.29 is 150 Å². The zero-order chi connectivity index (χ0) is 57.4. The van der Waals surface area contributed by atoms with E-state index in [1.807, 2.05) is 0 Å². The van der Waals surface area contributed by atoms with E-state index in [4.69, 9.17) is 37.9 Å². The Hall–Kier alpha value is -3.31. The van der Waals surface area contributed by atoms with Gasteiger partial charge in [-0.05, 0) is 31.0 Å². The molecule has 4 aliphatic heterocycles. The van der Waals surface area contributed by atoms with Crippen LogP contribution in [0.25, 0.3) is 0 Å². The zero-order valence-corrected chi connectivity index (χ0v) is 47.1. The van der Waals surface area contributed by atoms with Crippen LogP contribution in [0.15, 0.2) is 24.3 Å². The molecule has 0 bridgehead atoms. The summed E-state index contributed by atoms with van der Waals surface area (Å²) in [4.78, 5) is 51.1. The van der Waals surface area contributed by atoms with Gasteiger partial charge in [0.1, 0.15) is 103 Å². The minimum Gasteiger partial charge on any atom is -0.726 e. The molecule has 31 heteroatoms. The molecule has 4 saturated heterocycles. The monoisotopic (exact) mass is 1160 g/mol. The maximum Gasteiger partial charge on any atom is 1.00 e. The van der Waals surface area contributed by atoms with Crippen LogP contribution in [0.2, 0.25) is 0 Å². The summed E-state index contributed by atoms with van der Waals surface area (Å²) in [5.41, 5.74) is 0.0426. The Balaban J connectivity index is 0.0000134. The molecule has 0 aliphatic carbocycles. The first-order valence-corrected chi connectivity index (χ1v) is 26.8. The molecular formula is C48H73N4NaO25S. The normalized spacial score (nSPS) is 34.7. The number of nitrogens with one attached hydrogen (secondary N) is 4. The van der Waals surface area contributed by atoms with Crippen LogP contribution in [-0.2, 0) is 62.1 Å². The molecule has 442 valence electrons. The standard InChI is InChI=1S/C48H74N4O25S.Na/c1-5-6-7-8-9-10-11-12-13-17-69-27-16-14-15-26(18-27)44(64)52-33-37(60)36(59)28(19-53)72-46(33)75-41-29(20-54)73-47(34(39(41)62)50-24(3)57)76-42-30(21-55)74-48(35(40(42)63)51-25(4)58)77-43-31(22-70-78(66,67)68)71-45(65)32(38(43)61)49-23(2)56;/h14-16,18,28-43,45-48,53-55,59-63,65H,5-9,12-13,17,19-22H2,1-4H3,(H,49,56)(H,50,57)(H,51,58)(H,52,64)(H,66,67,68);/q;+1/p-1/t28?,29?,30?,31?,32?,33?,34?,35?,36-,37-,38?,39?,40-,41-,42-,43-,45-,46+,47+,48+;/m1./s1. The summed E-state index contributed by atoms with van der Waals surface area (Å²) < 4.78 is 85.6. The molecule has 4 fully saturated rings. The fraction of sp³-hybridized carbons (Fsp3) is 0.750. The molecule has 0 radical (unpaired) electrons. The SMILES string of the molecule is CCCCCCC#CCCCOc1cccc(C(=O)NC2[C@H](O[C@@H]3C(CO)O[C@@H](O[C@@H]4C(CO)O[C@@H](O[C@@H]5C(COS(=O)(=O)[O-])O[C@@H](O)C(NC(C)=O)C5O)C(NC(C)=O)[C@H]4O)C(NC(C)=O)C3O)OC(CO)[C@@H](O)[C@@H]2O)c1.[Na+]. The van der Waals surface area contributed by atoms with E-state index in [2.05, 4.69) is 44.2 Å². The van der Waals surface area contributed by atoms with Crippen LogP contribution in [0, 0.1) is 11.8 Å². The van der Waals surface area contributed by atoms with Crippen LogP contribution in [0.1, 0.15) is 83.0 Å². The number of hydrogen-bond acceptors (Lipinski definition) is 25. The number of unbranched alkanes of at least 4 members (excludes halogenated alkanes) is 5. The van der Waals surface area contributed by atoms with E-state index in [9.17, 15) is 78.1 Å². The molecule has 13 N–H and O–H groups in total. The zero-order valence-electron chi connectivity index (χ0n) is 44.3. The Morgan fingerprint density at radius 3 is 1.57 bits per heavy atom. The van der Waals surface area contributed by atoms with Crippen molar-refractivity contribution in [2.24, 2.45) is 0 Å². The van der Waals surface area contributed by atoms with Gasteiger partial charge < -0.3 is 110 Å². The van der Waals surface area contributed by atoms with Gasteiger partial charge in [0.05, 0.1) is 33.0 Å². The molecular weight excluding hydrogens is 1090 g/mol. The van der Waals surface area contributed by atoms with Crippen molar-refractivity contribution >= 4 is 34.0 Å². The Bertz CT molecular complexity index is 2280. The first-order chi connectivity index (χ1) is 37.0. The topological polar surface area (TPSA) is 439 Å². The number of carbonyl (C=O) groups excluding carboxylic acids is 4. The van der Waals surface area contributed by atoms with E-state index in [-0.39, 0.29) is 35.1 Å². The maximum absolute atomic E-state index is 13.8. The maximum atomic E-state index is 13.8. The molecule has 20 atom stereocenters. The Kier molecular flexibility index (Phi) is 28.1. The molecule has 0 saturated carbocycles. The Labute approximate surface area is 478 Å². The second-order valence-electron chi connectivity index (χ2n) is 19.0. The largest absolute Gasteiger partial charge is 1.00 e. The predicted molar refractivity (Wildman–Crippen MR) is 260 cm³/mol. The third-order valence-corrected chi connectivity index (χ3v) is 13.5. The molecule has 79 heavy (non-hydrogen) atoms. The van der Waals surface area contributed by atoms with E-state index >= 15 is 0 Å². The minimum absolute atomic E-state index is 0. The van der Waals surface area contributed by atoms with Crippen molar-refractivity contribution in [2.75, 3.05) is 33.0 Å². The minimum atomic E-state index is -5.41. The molecule has 0 spiro atoms.